The van der Waals surface area contributed by atoms with Gasteiger partial charge in [-0.15, -0.1) is 23.2 Å². The van der Waals surface area contributed by atoms with Crippen LogP contribution in [0.15, 0.2) is 16.9 Å². The summed E-state index contributed by atoms with van der Waals surface area (Å²) >= 11 is 13.3. The molecule has 1 aromatic heterocycles. The maximum Gasteiger partial charge on any atom is 0.264 e. The number of aromatic nitrogens is 2. The fourth-order valence-corrected chi connectivity index (χ4v) is 7.08. The van der Waals surface area contributed by atoms with E-state index >= 15 is 0 Å². The third-order valence-electron chi connectivity index (χ3n) is 9.19. The zero-order valence-electron chi connectivity index (χ0n) is 24.6. The van der Waals surface area contributed by atoms with E-state index in [0.717, 1.165) is 31.4 Å². The van der Waals surface area contributed by atoms with Gasteiger partial charge in [-0.25, -0.2) is 5.10 Å². The lowest BCUT2D eigenvalue weighted by Crippen LogP contribution is -2.50. The molecule has 1 aromatic rings. The SMILES string of the molecule is CCCCCCC(C)C(C)C(C)C(c1ccc(=O)[nH]n1)(C(C)C)C(CCCC)CCC(Cl)C(Cl)CC. The van der Waals surface area contributed by atoms with Crippen molar-refractivity contribution in [2.75, 3.05) is 0 Å². The second-order valence-corrected chi connectivity index (χ2v) is 12.8. The Bertz CT molecular complexity index is 747. The minimum atomic E-state index is -0.152. The monoisotopic (exact) mass is 542 g/mol. The number of aromatic amines is 1. The molecule has 36 heavy (non-hydrogen) atoms. The number of alkyl halides is 2. The number of halogens is 2. The number of hydrogen-bond donors (Lipinski definition) is 1. The van der Waals surface area contributed by atoms with Crippen molar-refractivity contribution in [2.24, 2.45) is 29.6 Å². The van der Waals surface area contributed by atoms with E-state index in [1.807, 2.05) is 6.07 Å². The van der Waals surface area contributed by atoms with Gasteiger partial charge < -0.3 is 0 Å². The highest BCUT2D eigenvalue weighted by Gasteiger charge is 2.50. The highest BCUT2D eigenvalue weighted by atomic mass is 35.5. The van der Waals surface area contributed by atoms with Crippen LogP contribution in [0, 0.1) is 29.6 Å². The summed E-state index contributed by atoms with van der Waals surface area (Å²) in [5.74, 6) is 2.37. The van der Waals surface area contributed by atoms with E-state index < -0.39 is 0 Å². The van der Waals surface area contributed by atoms with E-state index in [9.17, 15) is 4.79 Å². The molecule has 210 valence electrons. The Balaban J connectivity index is 3.49. The minimum absolute atomic E-state index is 0.00219. The lowest BCUT2D eigenvalue weighted by Gasteiger charge is -2.51. The Morgan fingerprint density at radius 1 is 0.833 bits per heavy atom. The van der Waals surface area contributed by atoms with Gasteiger partial charge in [0.05, 0.1) is 5.69 Å². The maximum atomic E-state index is 12.0. The van der Waals surface area contributed by atoms with Crippen molar-refractivity contribution in [2.45, 2.75) is 142 Å². The molecule has 0 saturated heterocycles. The molecule has 0 bridgehead atoms. The van der Waals surface area contributed by atoms with Gasteiger partial charge in [-0.1, -0.05) is 100 Å². The van der Waals surface area contributed by atoms with Gasteiger partial charge in [0.25, 0.3) is 5.56 Å². The van der Waals surface area contributed by atoms with Crippen molar-refractivity contribution < 1.29 is 0 Å². The average molecular weight is 544 g/mol. The van der Waals surface area contributed by atoms with Crippen LogP contribution in [0.3, 0.4) is 0 Å². The number of nitrogens with zero attached hydrogens (tertiary/aromatic N) is 1. The second-order valence-electron chi connectivity index (χ2n) is 11.7. The molecule has 1 N–H and O–H groups in total. The first kappa shape index (κ1) is 33.5. The lowest BCUT2D eigenvalue weighted by atomic mass is 9.53. The Morgan fingerprint density at radius 2 is 1.50 bits per heavy atom. The van der Waals surface area contributed by atoms with Crippen LogP contribution < -0.4 is 5.56 Å². The largest absolute Gasteiger partial charge is 0.268 e. The minimum Gasteiger partial charge on any atom is -0.268 e. The number of hydrogen-bond acceptors (Lipinski definition) is 2. The van der Waals surface area contributed by atoms with E-state index in [4.69, 9.17) is 28.3 Å². The molecule has 0 aliphatic rings. The van der Waals surface area contributed by atoms with Gasteiger partial charge in [0.2, 0.25) is 0 Å². The Kier molecular flexibility index (Phi) is 15.9. The van der Waals surface area contributed by atoms with Gasteiger partial charge >= 0.3 is 0 Å². The van der Waals surface area contributed by atoms with Crippen molar-refractivity contribution in [1.82, 2.24) is 10.2 Å². The Morgan fingerprint density at radius 3 is 2.03 bits per heavy atom. The predicted molar refractivity (Wildman–Crippen MR) is 159 cm³/mol. The topological polar surface area (TPSA) is 45.8 Å². The van der Waals surface area contributed by atoms with E-state index in [-0.39, 0.29) is 21.7 Å². The first-order valence-corrected chi connectivity index (χ1v) is 15.8. The highest BCUT2D eigenvalue weighted by Crippen LogP contribution is 2.52. The van der Waals surface area contributed by atoms with Gasteiger partial charge in [0.15, 0.2) is 0 Å². The molecule has 0 aliphatic carbocycles. The molecule has 0 aliphatic heterocycles. The molecule has 3 nitrogen and oxygen atoms in total. The summed E-state index contributed by atoms with van der Waals surface area (Å²) in [6, 6.07) is 3.67. The molecule has 7 unspecified atom stereocenters. The molecule has 1 rings (SSSR count). The van der Waals surface area contributed by atoms with Crippen LogP contribution in [-0.4, -0.2) is 21.0 Å². The standard InChI is InChI=1S/C31H56Cl2N2O/c1-9-12-14-15-16-23(6)24(7)25(8)31(22(4)5,29-20-21-30(36)35-34-29)26(17-13-10-2)18-19-28(33)27(32)11-3/h20-28H,9-19H2,1-8H3,(H,35,36). The van der Waals surface area contributed by atoms with Crippen molar-refractivity contribution in [3.05, 3.63) is 28.2 Å². The van der Waals surface area contributed by atoms with Crippen molar-refractivity contribution in [1.29, 1.82) is 0 Å². The summed E-state index contributed by atoms with van der Waals surface area (Å²) < 4.78 is 0. The van der Waals surface area contributed by atoms with Gasteiger partial charge in [-0.3, -0.25) is 4.79 Å². The van der Waals surface area contributed by atoms with Crippen LogP contribution in [0.25, 0.3) is 0 Å². The van der Waals surface area contributed by atoms with E-state index in [1.165, 1.54) is 44.9 Å². The molecule has 0 amide bonds. The molecule has 7 atom stereocenters. The number of rotatable bonds is 19. The van der Waals surface area contributed by atoms with Crippen molar-refractivity contribution in [3.8, 4) is 0 Å². The summed E-state index contributed by atoms with van der Waals surface area (Å²) in [5.41, 5.74) is 0.751. The molecule has 0 spiro atoms. The summed E-state index contributed by atoms with van der Waals surface area (Å²) in [6.07, 6.45) is 12.8. The van der Waals surface area contributed by atoms with Crippen LogP contribution >= 0.6 is 23.2 Å². The lowest BCUT2D eigenvalue weighted by molar-refractivity contribution is 0.0437. The van der Waals surface area contributed by atoms with Gasteiger partial charge in [-0.2, -0.15) is 5.10 Å². The second kappa shape index (κ2) is 17.1. The number of nitrogens with one attached hydrogen (secondary N) is 1. The van der Waals surface area contributed by atoms with E-state index in [2.05, 4.69) is 60.5 Å². The Labute approximate surface area is 232 Å². The van der Waals surface area contributed by atoms with Crippen LogP contribution in [0.4, 0.5) is 0 Å². The van der Waals surface area contributed by atoms with Gasteiger partial charge in [0, 0.05) is 22.2 Å². The van der Waals surface area contributed by atoms with E-state index in [0.29, 0.717) is 29.6 Å². The van der Waals surface area contributed by atoms with Crippen LogP contribution in [0.1, 0.15) is 132 Å². The average Bonchev–Trinajstić information content (AvgIpc) is 2.87. The molecular weight excluding hydrogens is 487 g/mol. The van der Waals surface area contributed by atoms with Crippen LogP contribution in [0.5, 0.6) is 0 Å². The highest BCUT2D eigenvalue weighted by molar-refractivity contribution is 6.29. The number of unbranched alkanes of at least 4 members (excludes halogenated alkanes) is 4. The zero-order chi connectivity index (χ0) is 27.3. The summed E-state index contributed by atoms with van der Waals surface area (Å²) in [4.78, 5) is 12.0. The maximum absolute atomic E-state index is 12.0. The molecule has 1 heterocycles. The van der Waals surface area contributed by atoms with Crippen LogP contribution in [-0.2, 0) is 5.41 Å². The molecule has 0 saturated carbocycles. The molecular formula is C31H56Cl2N2O. The fourth-order valence-electron chi connectivity index (χ4n) is 6.65. The summed E-state index contributed by atoms with van der Waals surface area (Å²) in [6.45, 7) is 18.7. The number of H-pyrrole nitrogens is 1. The normalized spacial score (nSPS) is 18.9. The van der Waals surface area contributed by atoms with Crippen molar-refractivity contribution >= 4 is 23.2 Å². The van der Waals surface area contributed by atoms with Crippen molar-refractivity contribution in [3.63, 3.8) is 0 Å². The van der Waals surface area contributed by atoms with E-state index in [1.54, 1.807) is 6.07 Å². The third-order valence-corrected chi connectivity index (χ3v) is 10.4. The smallest absolute Gasteiger partial charge is 0.264 e. The molecule has 0 radical (unpaired) electrons. The molecule has 0 aromatic carbocycles. The molecule has 5 heteroatoms. The van der Waals surface area contributed by atoms with Crippen LogP contribution in [0.2, 0.25) is 0 Å². The molecule has 0 fully saturated rings. The first-order chi connectivity index (χ1) is 17.1. The summed E-state index contributed by atoms with van der Waals surface area (Å²) in [5, 5.41) is 7.48. The quantitative estimate of drug-likeness (QED) is 0.139. The van der Waals surface area contributed by atoms with Gasteiger partial charge in [0.1, 0.15) is 0 Å². The Hall–Kier alpha value is -0.540. The third kappa shape index (κ3) is 9.04. The van der Waals surface area contributed by atoms with Gasteiger partial charge in [-0.05, 0) is 61.3 Å². The first-order valence-electron chi connectivity index (χ1n) is 14.9. The summed E-state index contributed by atoms with van der Waals surface area (Å²) in [7, 11) is 0. The zero-order valence-corrected chi connectivity index (χ0v) is 26.1. The fraction of sp³-hybridized carbons (Fsp3) is 0.871. The predicted octanol–water partition coefficient (Wildman–Crippen LogP) is 9.75.